The quantitative estimate of drug-likeness (QED) is 0.880. The van der Waals surface area contributed by atoms with Crippen LogP contribution in [-0.4, -0.2) is 22.8 Å². The summed E-state index contributed by atoms with van der Waals surface area (Å²) in [5.41, 5.74) is 3.35. The van der Waals surface area contributed by atoms with Crippen molar-refractivity contribution in [1.29, 1.82) is 0 Å². The highest BCUT2D eigenvalue weighted by atomic mass is 16.5. The summed E-state index contributed by atoms with van der Waals surface area (Å²) in [6.45, 7) is 1.53. The van der Waals surface area contributed by atoms with Crippen LogP contribution in [0.3, 0.4) is 0 Å². The standard InChI is InChI=1S/C20H25N3O2/c1-25-18-7-3-6-16-8-9-17(19(16)18)20(24)21-10-15-11-22-23(13-15)12-14-4-2-5-14/h3,6-7,11,13-14,17H,2,4-5,8-10,12H2,1H3,(H,21,24). The smallest absolute Gasteiger partial charge is 0.227 e. The van der Waals surface area contributed by atoms with Crippen molar-refractivity contribution < 1.29 is 9.53 Å². The molecule has 2 aromatic rings. The van der Waals surface area contributed by atoms with Crippen LogP contribution in [0.2, 0.25) is 0 Å². The molecular formula is C20H25N3O2. The first-order valence-corrected chi connectivity index (χ1v) is 9.19. The molecule has 1 heterocycles. The molecule has 0 bridgehead atoms. The number of aromatic nitrogens is 2. The highest BCUT2D eigenvalue weighted by Crippen LogP contribution is 2.39. The third-order valence-electron chi connectivity index (χ3n) is 5.57. The molecule has 25 heavy (non-hydrogen) atoms. The molecule has 0 saturated heterocycles. The van der Waals surface area contributed by atoms with Gasteiger partial charge in [0.15, 0.2) is 0 Å². The minimum absolute atomic E-state index is 0.0787. The largest absolute Gasteiger partial charge is 0.496 e. The van der Waals surface area contributed by atoms with E-state index in [9.17, 15) is 4.79 Å². The molecule has 4 rings (SSSR count). The van der Waals surface area contributed by atoms with E-state index in [0.29, 0.717) is 6.54 Å². The van der Waals surface area contributed by atoms with Crippen LogP contribution in [0.25, 0.3) is 0 Å². The molecular weight excluding hydrogens is 314 g/mol. The van der Waals surface area contributed by atoms with Gasteiger partial charge in [0, 0.05) is 30.4 Å². The summed E-state index contributed by atoms with van der Waals surface area (Å²) in [6.07, 6.45) is 9.68. The average Bonchev–Trinajstić information content (AvgIpc) is 3.22. The zero-order valence-corrected chi connectivity index (χ0v) is 14.7. The summed E-state index contributed by atoms with van der Waals surface area (Å²) < 4.78 is 7.48. The van der Waals surface area contributed by atoms with Gasteiger partial charge in [-0.05, 0) is 43.2 Å². The fourth-order valence-electron chi connectivity index (χ4n) is 3.94. The summed E-state index contributed by atoms with van der Waals surface area (Å²) in [5.74, 6) is 1.57. The minimum Gasteiger partial charge on any atom is -0.496 e. The Balaban J connectivity index is 1.37. The summed E-state index contributed by atoms with van der Waals surface area (Å²) in [7, 11) is 1.67. The second kappa shape index (κ2) is 6.90. The number of ether oxygens (including phenoxy) is 1. The van der Waals surface area contributed by atoms with Crippen LogP contribution in [-0.2, 0) is 24.3 Å². The lowest BCUT2D eigenvalue weighted by Crippen LogP contribution is -2.28. The molecule has 1 aromatic carbocycles. The second-order valence-electron chi connectivity index (χ2n) is 7.21. The molecule has 5 heteroatoms. The van der Waals surface area contributed by atoms with Crippen molar-refractivity contribution in [3.05, 3.63) is 47.3 Å². The third kappa shape index (κ3) is 3.28. The molecule has 2 aliphatic carbocycles. The zero-order valence-electron chi connectivity index (χ0n) is 14.7. The molecule has 1 amide bonds. The number of hydrogen-bond acceptors (Lipinski definition) is 3. The van der Waals surface area contributed by atoms with E-state index in [1.807, 2.05) is 23.0 Å². The lowest BCUT2D eigenvalue weighted by molar-refractivity contribution is -0.122. The Morgan fingerprint density at radius 1 is 1.36 bits per heavy atom. The van der Waals surface area contributed by atoms with E-state index in [0.717, 1.165) is 42.2 Å². The van der Waals surface area contributed by atoms with Crippen molar-refractivity contribution in [2.24, 2.45) is 5.92 Å². The first-order valence-electron chi connectivity index (χ1n) is 9.19. The second-order valence-corrected chi connectivity index (χ2v) is 7.21. The normalized spacial score (nSPS) is 19.3. The molecule has 132 valence electrons. The predicted molar refractivity (Wildman–Crippen MR) is 95.5 cm³/mol. The molecule has 1 fully saturated rings. The fraction of sp³-hybridized carbons (Fsp3) is 0.500. The molecule has 0 radical (unpaired) electrons. The van der Waals surface area contributed by atoms with Gasteiger partial charge in [0.1, 0.15) is 5.75 Å². The number of hydrogen-bond donors (Lipinski definition) is 1. The lowest BCUT2D eigenvalue weighted by atomic mass is 9.85. The Kier molecular flexibility index (Phi) is 4.47. The van der Waals surface area contributed by atoms with Crippen LogP contribution in [0.5, 0.6) is 5.75 Å². The van der Waals surface area contributed by atoms with E-state index in [4.69, 9.17) is 4.74 Å². The van der Waals surface area contributed by atoms with Crippen LogP contribution >= 0.6 is 0 Å². The minimum atomic E-state index is -0.115. The highest BCUT2D eigenvalue weighted by molar-refractivity contribution is 5.85. The SMILES string of the molecule is COc1cccc2c1C(C(=O)NCc1cnn(CC3CCC3)c1)CC2. The van der Waals surface area contributed by atoms with E-state index in [-0.39, 0.29) is 11.8 Å². The first-order chi connectivity index (χ1) is 12.2. The molecule has 5 nitrogen and oxygen atoms in total. The van der Waals surface area contributed by atoms with Gasteiger partial charge in [-0.3, -0.25) is 9.48 Å². The predicted octanol–water partition coefficient (Wildman–Crippen LogP) is 3.04. The Hall–Kier alpha value is -2.30. The summed E-state index contributed by atoms with van der Waals surface area (Å²) in [4.78, 5) is 12.7. The number of methoxy groups -OCH3 is 1. The Morgan fingerprint density at radius 3 is 3.00 bits per heavy atom. The van der Waals surface area contributed by atoms with Crippen LogP contribution in [0.4, 0.5) is 0 Å². The number of benzene rings is 1. The van der Waals surface area contributed by atoms with Crippen molar-refractivity contribution in [2.75, 3.05) is 7.11 Å². The number of rotatable bonds is 6. The van der Waals surface area contributed by atoms with Crippen LogP contribution in [0, 0.1) is 5.92 Å². The zero-order chi connectivity index (χ0) is 17.2. The highest BCUT2D eigenvalue weighted by Gasteiger charge is 2.31. The first kappa shape index (κ1) is 16.2. The number of carbonyl (C=O) groups is 1. The van der Waals surface area contributed by atoms with Gasteiger partial charge >= 0.3 is 0 Å². The van der Waals surface area contributed by atoms with E-state index < -0.39 is 0 Å². The van der Waals surface area contributed by atoms with E-state index in [1.54, 1.807) is 7.11 Å². The van der Waals surface area contributed by atoms with E-state index in [1.165, 1.54) is 24.8 Å². The van der Waals surface area contributed by atoms with Gasteiger partial charge in [-0.2, -0.15) is 5.10 Å². The van der Waals surface area contributed by atoms with Gasteiger partial charge in [-0.1, -0.05) is 18.6 Å². The van der Waals surface area contributed by atoms with Gasteiger partial charge in [0.25, 0.3) is 0 Å². The van der Waals surface area contributed by atoms with Gasteiger partial charge in [0.2, 0.25) is 5.91 Å². The maximum atomic E-state index is 12.7. The fourth-order valence-corrected chi connectivity index (χ4v) is 3.94. The maximum Gasteiger partial charge on any atom is 0.227 e. The van der Waals surface area contributed by atoms with E-state index >= 15 is 0 Å². The van der Waals surface area contributed by atoms with Crippen molar-refractivity contribution in [1.82, 2.24) is 15.1 Å². The third-order valence-corrected chi connectivity index (χ3v) is 5.57. The summed E-state index contributed by atoms with van der Waals surface area (Å²) in [5, 5.41) is 7.50. The molecule has 0 aliphatic heterocycles. The molecule has 1 aromatic heterocycles. The Bertz CT molecular complexity index is 764. The van der Waals surface area contributed by atoms with Crippen molar-refractivity contribution in [2.45, 2.75) is 51.1 Å². The van der Waals surface area contributed by atoms with Crippen molar-refractivity contribution in [3.63, 3.8) is 0 Å². The van der Waals surface area contributed by atoms with Gasteiger partial charge in [-0.15, -0.1) is 0 Å². The summed E-state index contributed by atoms with van der Waals surface area (Å²) >= 11 is 0. The molecule has 2 aliphatic rings. The van der Waals surface area contributed by atoms with Gasteiger partial charge in [-0.25, -0.2) is 0 Å². The molecule has 1 saturated carbocycles. The van der Waals surface area contributed by atoms with Crippen LogP contribution < -0.4 is 10.1 Å². The van der Waals surface area contributed by atoms with Crippen LogP contribution in [0.1, 0.15) is 48.3 Å². The number of carbonyl (C=O) groups excluding carboxylic acids is 1. The molecule has 1 N–H and O–H groups in total. The van der Waals surface area contributed by atoms with Crippen molar-refractivity contribution in [3.8, 4) is 5.75 Å². The van der Waals surface area contributed by atoms with Gasteiger partial charge < -0.3 is 10.1 Å². The van der Waals surface area contributed by atoms with Gasteiger partial charge in [0.05, 0.1) is 19.2 Å². The van der Waals surface area contributed by atoms with E-state index in [2.05, 4.69) is 22.7 Å². The Labute approximate surface area is 148 Å². The number of nitrogens with one attached hydrogen (secondary N) is 1. The molecule has 1 unspecified atom stereocenters. The lowest BCUT2D eigenvalue weighted by Gasteiger charge is -2.24. The average molecular weight is 339 g/mol. The summed E-state index contributed by atoms with van der Waals surface area (Å²) in [6, 6.07) is 6.03. The van der Waals surface area contributed by atoms with Crippen molar-refractivity contribution >= 4 is 5.91 Å². The topological polar surface area (TPSA) is 56.1 Å². The number of amides is 1. The Morgan fingerprint density at radius 2 is 2.24 bits per heavy atom. The number of fused-ring (bicyclic) bond motifs is 1. The monoisotopic (exact) mass is 339 g/mol. The maximum absolute atomic E-state index is 12.7. The van der Waals surface area contributed by atoms with Crippen LogP contribution in [0.15, 0.2) is 30.6 Å². The molecule has 1 atom stereocenters. The number of aryl methyl sites for hydroxylation is 1. The number of nitrogens with zero attached hydrogens (tertiary/aromatic N) is 2. The molecule has 0 spiro atoms.